The maximum atomic E-state index is 5.41. The highest BCUT2D eigenvalue weighted by Crippen LogP contribution is 2.29. The van der Waals surface area contributed by atoms with Gasteiger partial charge in [0.1, 0.15) is 5.01 Å². The summed E-state index contributed by atoms with van der Waals surface area (Å²) in [5.41, 5.74) is 2.68. The molecule has 0 radical (unpaired) electrons. The molecular formula is C14H20N4OS. The summed E-state index contributed by atoms with van der Waals surface area (Å²) in [5, 5.41) is 7.71. The van der Waals surface area contributed by atoms with Crippen LogP contribution in [0.4, 0.5) is 0 Å². The maximum Gasteiger partial charge on any atom is 0.107 e. The van der Waals surface area contributed by atoms with E-state index in [1.54, 1.807) is 18.4 Å². The predicted molar refractivity (Wildman–Crippen MR) is 78.7 cm³/mol. The zero-order valence-electron chi connectivity index (χ0n) is 12.0. The molecule has 0 amide bonds. The summed E-state index contributed by atoms with van der Waals surface area (Å²) in [7, 11) is 1.77. The SMILES string of the molecule is CCn1ncc2c1[C@H](COC)CN(Cc1nccs1)C2. The van der Waals surface area contributed by atoms with Crippen molar-refractivity contribution >= 4 is 11.3 Å². The lowest BCUT2D eigenvalue weighted by Crippen LogP contribution is -2.35. The number of aryl methyl sites for hydroxylation is 1. The fourth-order valence-corrected chi connectivity index (χ4v) is 3.62. The average molecular weight is 292 g/mol. The molecule has 1 atom stereocenters. The van der Waals surface area contributed by atoms with Gasteiger partial charge in [-0.25, -0.2) is 4.98 Å². The monoisotopic (exact) mass is 292 g/mol. The lowest BCUT2D eigenvalue weighted by molar-refractivity contribution is 0.132. The van der Waals surface area contributed by atoms with Crippen molar-refractivity contribution in [2.75, 3.05) is 20.3 Å². The van der Waals surface area contributed by atoms with E-state index in [1.807, 2.05) is 17.8 Å². The summed E-state index contributed by atoms with van der Waals surface area (Å²) >= 11 is 1.72. The molecule has 108 valence electrons. The van der Waals surface area contributed by atoms with Crippen LogP contribution in [0.5, 0.6) is 0 Å². The predicted octanol–water partition coefficient (Wildman–Crippen LogP) is 2.11. The normalized spacial score (nSPS) is 19.2. The van der Waals surface area contributed by atoms with E-state index in [1.165, 1.54) is 16.3 Å². The standard InChI is InChI=1S/C14H20N4OS/c1-3-18-14-11(6-16-18)7-17(8-12(14)10-19-2)9-13-15-4-5-20-13/h4-6,12H,3,7-10H2,1-2H3/t12-/m0/s1. The fourth-order valence-electron chi connectivity index (χ4n) is 2.96. The van der Waals surface area contributed by atoms with Gasteiger partial charge in [0.15, 0.2) is 0 Å². The molecule has 1 aliphatic heterocycles. The Hall–Kier alpha value is -1.24. The molecule has 3 heterocycles. The Morgan fingerprint density at radius 3 is 3.10 bits per heavy atom. The molecular weight excluding hydrogens is 272 g/mol. The van der Waals surface area contributed by atoms with Gasteiger partial charge in [-0.1, -0.05) is 0 Å². The lowest BCUT2D eigenvalue weighted by Gasteiger charge is -2.32. The number of hydrogen-bond acceptors (Lipinski definition) is 5. The van der Waals surface area contributed by atoms with Gasteiger partial charge in [0.05, 0.1) is 19.3 Å². The summed E-state index contributed by atoms with van der Waals surface area (Å²) in [6.45, 7) is 6.67. The molecule has 0 bridgehead atoms. The molecule has 6 heteroatoms. The third-order valence-corrected chi connectivity index (χ3v) is 4.49. The second kappa shape index (κ2) is 6.03. The number of thiazole rings is 1. The van der Waals surface area contributed by atoms with E-state index in [0.717, 1.165) is 32.8 Å². The molecule has 0 N–H and O–H groups in total. The van der Waals surface area contributed by atoms with Crippen LogP contribution >= 0.6 is 11.3 Å². The van der Waals surface area contributed by atoms with Gasteiger partial charge in [-0.2, -0.15) is 5.10 Å². The molecule has 20 heavy (non-hydrogen) atoms. The molecule has 1 aliphatic rings. The average Bonchev–Trinajstić information content (AvgIpc) is 3.08. The minimum absolute atomic E-state index is 0.395. The molecule has 0 saturated heterocycles. The van der Waals surface area contributed by atoms with Crippen LogP contribution in [0, 0.1) is 0 Å². The van der Waals surface area contributed by atoms with E-state index in [2.05, 4.69) is 26.6 Å². The van der Waals surface area contributed by atoms with Crippen molar-refractivity contribution in [3.8, 4) is 0 Å². The highest BCUT2D eigenvalue weighted by Gasteiger charge is 2.29. The summed E-state index contributed by atoms with van der Waals surface area (Å²) < 4.78 is 7.52. The topological polar surface area (TPSA) is 43.2 Å². The van der Waals surface area contributed by atoms with E-state index < -0.39 is 0 Å². The first-order valence-electron chi connectivity index (χ1n) is 6.96. The van der Waals surface area contributed by atoms with Gasteiger partial charge in [0.25, 0.3) is 0 Å². The van der Waals surface area contributed by atoms with Crippen LogP contribution in [0.25, 0.3) is 0 Å². The number of methoxy groups -OCH3 is 1. The largest absolute Gasteiger partial charge is 0.384 e. The van der Waals surface area contributed by atoms with E-state index >= 15 is 0 Å². The smallest absolute Gasteiger partial charge is 0.107 e. The Kier molecular flexibility index (Phi) is 4.14. The van der Waals surface area contributed by atoms with Crippen molar-refractivity contribution in [2.45, 2.75) is 32.5 Å². The number of rotatable bonds is 5. The summed E-state index contributed by atoms with van der Waals surface area (Å²) in [4.78, 5) is 6.82. The zero-order valence-corrected chi connectivity index (χ0v) is 12.8. The second-order valence-corrected chi connectivity index (χ2v) is 6.10. The summed E-state index contributed by atoms with van der Waals surface area (Å²) in [6.07, 6.45) is 3.88. The number of ether oxygens (including phenoxy) is 1. The van der Waals surface area contributed by atoms with Gasteiger partial charge in [0, 0.05) is 55.5 Å². The molecule has 5 nitrogen and oxygen atoms in total. The summed E-state index contributed by atoms with van der Waals surface area (Å²) in [6, 6.07) is 0. The minimum atomic E-state index is 0.395. The van der Waals surface area contributed by atoms with Crippen LogP contribution in [-0.2, 0) is 24.4 Å². The first-order valence-corrected chi connectivity index (χ1v) is 7.84. The quantitative estimate of drug-likeness (QED) is 0.846. The van der Waals surface area contributed by atoms with E-state index in [9.17, 15) is 0 Å². The highest BCUT2D eigenvalue weighted by atomic mass is 32.1. The lowest BCUT2D eigenvalue weighted by atomic mass is 9.97. The van der Waals surface area contributed by atoms with Crippen LogP contribution in [0.1, 0.15) is 29.1 Å². The Labute approximate surface area is 123 Å². The third kappa shape index (κ3) is 2.63. The Balaban J connectivity index is 1.81. The number of nitrogens with zero attached hydrogens (tertiary/aromatic N) is 4. The first kappa shape index (κ1) is 13.7. The van der Waals surface area contributed by atoms with Crippen molar-refractivity contribution in [3.05, 3.63) is 34.0 Å². The number of hydrogen-bond donors (Lipinski definition) is 0. The van der Waals surface area contributed by atoms with Crippen molar-refractivity contribution in [1.29, 1.82) is 0 Å². The molecule has 0 saturated carbocycles. The molecule has 0 aliphatic carbocycles. The van der Waals surface area contributed by atoms with Crippen molar-refractivity contribution in [3.63, 3.8) is 0 Å². The van der Waals surface area contributed by atoms with Gasteiger partial charge >= 0.3 is 0 Å². The number of aromatic nitrogens is 3. The molecule has 0 aromatic carbocycles. The van der Waals surface area contributed by atoms with Gasteiger partial charge in [0.2, 0.25) is 0 Å². The van der Waals surface area contributed by atoms with Gasteiger partial charge in [-0.05, 0) is 6.92 Å². The van der Waals surface area contributed by atoms with Gasteiger partial charge < -0.3 is 4.74 Å². The third-order valence-electron chi connectivity index (χ3n) is 3.73. The maximum absolute atomic E-state index is 5.41. The minimum Gasteiger partial charge on any atom is -0.384 e. The van der Waals surface area contributed by atoms with Crippen LogP contribution in [0.3, 0.4) is 0 Å². The highest BCUT2D eigenvalue weighted by molar-refractivity contribution is 7.09. The van der Waals surface area contributed by atoms with E-state index in [0.29, 0.717) is 5.92 Å². The van der Waals surface area contributed by atoms with E-state index in [4.69, 9.17) is 4.74 Å². The van der Waals surface area contributed by atoms with Gasteiger partial charge in [-0.3, -0.25) is 9.58 Å². The van der Waals surface area contributed by atoms with E-state index in [-0.39, 0.29) is 0 Å². The summed E-state index contributed by atoms with van der Waals surface area (Å²) in [5.74, 6) is 0.395. The molecule has 3 rings (SSSR count). The fraction of sp³-hybridized carbons (Fsp3) is 0.571. The Morgan fingerprint density at radius 2 is 2.40 bits per heavy atom. The van der Waals surface area contributed by atoms with Crippen molar-refractivity contribution in [1.82, 2.24) is 19.7 Å². The van der Waals surface area contributed by atoms with Crippen LogP contribution in [0.2, 0.25) is 0 Å². The Bertz CT molecular complexity index is 552. The second-order valence-electron chi connectivity index (χ2n) is 5.12. The molecule has 0 spiro atoms. The molecule has 2 aromatic heterocycles. The van der Waals surface area contributed by atoms with Crippen molar-refractivity contribution < 1.29 is 4.74 Å². The molecule has 0 unspecified atom stereocenters. The number of fused-ring (bicyclic) bond motifs is 1. The Morgan fingerprint density at radius 1 is 1.50 bits per heavy atom. The first-order chi connectivity index (χ1) is 9.81. The van der Waals surface area contributed by atoms with Crippen molar-refractivity contribution in [2.24, 2.45) is 0 Å². The molecule has 2 aromatic rings. The van der Waals surface area contributed by atoms with Crippen LogP contribution in [-0.4, -0.2) is 39.9 Å². The van der Waals surface area contributed by atoms with Crippen LogP contribution < -0.4 is 0 Å². The van der Waals surface area contributed by atoms with Gasteiger partial charge in [-0.15, -0.1) is 11.3 Å². The zero-order chi connectivity index (χ0) is 13.9. The van der Waals surface area contributed by atoms with Crippen LogP contribution in [0.15, 0.2) is 17.8 Å². The molecule has 0 fully saturated rings.